The highest BCUT2D eigenvalue weighted by atomic mass is 32.2. The minimum absolute atomic E-state index is 0.0186. The maximum Gasteiger partial charge on any atom is 0.243 e. The van der Waals surface area contributed by atoms with Crippen molar-refractivity contribution in [1.82, 2.24) is 10.2 Å². The Morgan fingerprint density at radius 2 is 2.00 bits per heavy atom. The number of ether oxygens (including phenoxy) is 1. The zero-order chi connectivity index (χ0) is 20.0. The summed E-state index contributed by atoms with van der Waals surface area (Å²) in [6, 6.07) is 7.37. The van der Waals surface area contributed by atoms with Crippen LogP contribution in [0.15, 0.2) is 24.3 Å². The first kappa shape index (κ1) is 21.6. The number of carbonyl (C=O) groups is 2. The molecule has 1 heterocycles. The number of hydrogen-bond donors (Lipinski definition) is 1. The van der Waals surface area contributed by atoms with E-state index in [0.29, 0.717) is 30.7 Å². The van der Waals surface area contributed by atoms with E-state index in [-0.39, 0.29) is 11.8 Å². The third-order valence-electron chi connectivity index (χ3n) is 4.47. The third-order valence-corrected chi connectivity index (χ3v) is 5.48. The summed E-state index contributed by atoms with van der Waals surface area (Å²) in [5.74, 6) is 2.52. The highest BCUT2D eigenvalue weighted by Gasteiger charge is 2.38. The van der Waals surface area contributed by atoms with E-state index >= 15 is 0 Å². The fraction of sp³-hybridized carbons (Fsp3) is 0.619. The van der Waals surface area contributed by atoms with Crippen LogP contribution in [0.3, 0.4) is 0 Å². The standard InChI is InChI=1S/C21H32N2O3S/c1-15(2)10-11-26-18-9-7-6-8-16(18)12-22-19(24)17-13-27-14-23(17)20(25)21(3,4)5/h6-9,15,17H,10-14H2,1-5H3,(H,22,24). The normalized spacial score (nSPS) is 17.3. The average molecular weight is 393 g/mol. The Labute approximate surface area is 167 Å². The monoisotopic (exact) mass is 392 g/mol. The largest absolute Gasteiger partial charge is 0.493 e. The molecule has 1 saturated heterocycles. The molecular weight excluding hydrogens is 360 g/mol. The first-order chi connectivity index (χ1) is 12.7. The van der Waals surface area contributed by atoms with Crippen LogP contribution in [-0.2, 0) is 16.1 Å². The van der Waals surface area contributed by atoms with E-state index in [0.717, 1.165) is 17.7 Å². The highest BCUT2D eigenvalue weighted by Crippen LogP contribution is 2.27. The second kappa shape index (κ2) is 9.49. The van der Waals surface area contributed by atoms with E-state index in [1.54, 1.807) is 16.7 Å². The van der Waals surface area contributed by atoms with Crippen molar-refractivity contribution in [2.75, 3.05) is 18.2 Å². The molecular formula is C21H32N2O3S. The number of nitrogens with one attached hydrogen (secondary N) is 1. The minimum atomic E-state index is -0.486. The van der Waals surface area contributed by atoms with Crippen molar-refractivity contribution in [2.45, 2.75) is 53.6 Å². The van der Waals surface area contributed by atoms with Gasteiger partial charge < -0.3 is 15.0 Å². The molecule has 0 saturated carbocycles. The van der Waals surface area contributed by atoms with Crippen molar-refractivity contribution in [3.63, 3.8) is 0 Å². The van der Waals surface area contributed by atoms with Crippen molar-refractivity contribution >= 4 is 23.6 Å². The number of thioether (sulfide) groups is 1. The van der Waals surface area contributed by atoms with Crippen molar-refractivity contribution in [3.8, 4) is 5.75 Å². The number of nitrogens with zero attached hydrogens (tertiary/aromatic N) is 1. The van der Waals surface area contributed by atoms with Crippen LogP contribution in [-0.4, -0.2) is 41.0 Å². The van der Waals surface area contributed by atoms with E-state index in [2.05, 4.69) is 19.2 Å². The van der Waals surface area contributed by atoms with Gasteiger partial charge in [0.15, 0.2) is 0 Å². The van der Waals surface area contributed by atoms with Crippen LogP contribution in [0.25, 0.3) is 0 Å². The van der Waals surface area contributed by atoms with E-state index < -0.39 is 11.5 Å². The smallest absolute Gasteiger partial charge is 0.243 e. The first-order valence-corrected chi connectivity index (χ1v) is 10.7. The van der Waals surface area contributed by atoms with Gasteiger partial charge in [0.05, 0.1) is 12.5 Å². The summed E-state index contributed by atoms with van der Waals surface area (Å²) in [5.41, 5.74) is 0.467. The number of rotatable bonds is 7. The van der Waals surface area contributed by atoms with Gasteiger partial charge in [-0.15, -0.1) is 11.8 Å². The van der Waals surface area contributed by atoms with Crippen LogP contribution >= 0.6 is 11.8 Å². The Balaban J connectivity index is 1.96. The summed E-state index contributed by atoms with van der Waals surface area (Å²) in [5, 5.41) is 2.99. The van der Waals surface area contributed by atoms with Gasteiger partial charge in [-0.2, -0.15) is 0 Å². The Bertz CT molecular complexity index is 655. The summed E-state index contributed by atoms with van der Waals surface area (Å²) >= 11 is 1.62. The van der Waals surface area contributed by atoms with Gasteiger partial charge in [0.1, 0.15) is 11.8 Å². The SMILES string of the molecule is CC(C)CCOc1ccccc1CNC(=O)C1CSCN1C(=O)C(C)(C)C. The quantitative estimate of drug-likeness (QED) is 0.769. The molecule has 1 aromatic carbocycles. The maximum atomic E-state index is 12.7. The number of amides is 2. The van der Waals surface area contributed by atoms with Crippen LogP contribution < -0.4 is 10.1 Å². The molecule has 1 N–H and O–H groups in total. The Morgan fingerprint density at radius 3 is 2.67 bits per heavy atom. The van der Waals surface area contributed by atoms with Crippen molar-refractivity contribution in [1.29, 1.82) is 0 Å². The Hall–Kier alpha value is -1.69. The lowest BCUT2D eigenvalue weighted by atomic mass is 9.94. The van der Waals surface area contributed by atoms with E-state index in [1.165, 1.54) is 0 Å². The van der Waals surface area contributed by atoms with Crippen LogP contribution in [0.2, 0.25) is 0 Å². The molecule has 1 atom stereocenters. The van der Waals surface area contributed by atoms with Crippen LogP contribution in [0.5, 0.6) is 5.75 Å². The molecule has 1 aliphatic rings. The van der Waals surface area contributed by atoms with Crippen LogP contribution in [0.4, 0.5) is 0 Å². The number of carbonyl (C=O) groups excluding carboxylic acids is 2. The van der Waals surface area contributed by atoms with E-state index in [9.17, 15) is 9.59 Å². The van der Waals surface area contributed by atoms with Gasteiger partial charge in [0.25, 0.3) is 0 Å². The number of hydrogen-bond acceptors (Lipinski definition) is 4. The molecule has 0 aromatic heterocycles. The van der Waals surface area contributed by atoms with Crippen molar-refractivity contribution < 1.29 is 14.3 Å². The molecule has 1 aliphatic heterocycles. The lowest BCUT2D eigenvalue weighted by Gasteiger charge is -2.29. The summed E-state index contributed by atoms with van der Waals surface area (Å²) in [4.78, 5) is 27.0. The molecule has 0 spiro atoms. The second-order valence-corrected chi connectivity index (χ2v) is 9.40. The lowest BCUT2D eigenvalue weighted by molar-refractivity contribution is -0.144. The molecule has 0 bridgehead atoms. The van der Waals surface area contributed by atoms with E-state index in [4.69, 9.17) is 4.74 Å². The van der Waals surface area contributed by atoms with Gasteiger partial charge in [-0.25, -0.2) is 0 Å². The summed E-state index contributed by atoms with van der Waals surface area (Å²) < 4.78 is 5.89. The molecule has 150 valence electrons. The van der Waals surface area contributed by atoms with Crippen molar-refractivity contribution in [2.24, 2.45) is 11.3 Å². The second-order valence-electron chi connectivity index (χ2n) is 8.40. The lowest BCUT2D eigenvalue weighted by Crippen LogP contribution is -2.50. The summed E-state index contributed by atoms with van der Waals surface area (Å²) in [6.45, 7) is 11.1. The first-order valence-electron chi connectivity index (χ1n) is 9.57. The zero-order valence-corrected chi connectivity index (χ0v) is 17.9. The number of benzene rings is 1. The molecule has 1 unspecified atom stereocenters. The van der Waals surface area contributed by atoms with Gasteiger partial charge >= 0.3 is 0 Å². The summed E-state index contributed by atoms with van der Waals surface area (Å²) in [6.07, 6.45) is 0.990. The number of para-hydroxylation sites is 1. The molecule has 1 fully saturated rings. The van der Waals surface area contributed by atoms with Crippen molar-refractivity contribution in [3.05, 3.63) is 29.8 Å². The molecule has 6 heteroatoms. The predicted octanol–water partition coefficient (Wildman–Crippen LogP) is 3.68. The van der Waals surface area contributed by atoms with Gasteiger partial charge in [0.2, 0.25) is 11.8 Å². The van der Waals surface area contributed by atoms with Gasteiger partial charge in [-0.3, -0.25) is 9.59 Å². The van der Waals surface area contributed by atoms with Gasteiger partial charge in [0, 0.05) is 23.3 Å². The highest BCUT2D eigenvalue weighted by molar-refractivity contribution is 7.99. The molecule has 2 amide bonds. The molecule has 27 heavy (non-hydrogen) atoms. The van der Waals surface area contributed by atoms with E-state index in [1.807, 2.05) is 45.0 Å². The Morgan fingerprint density at radius 1 is 1.30 bits per heavy atom. The molecule has 1 aromatic rings. The topological polar surface area (TPSA) is 58.6 Å². The predicted molar refractivity (Wildman–Crippen MR) is 111 cm³/mol. The molecule has 0 aliphatic carbocycles. The Kier molecular flexibility index (Phi) is 7.59. The summed E-state index contributed by atoms with van der Waals surface area (Å²) in [7, 11) is 0. The molecule has 2 rings (SSSR count). The molecule has 0 radical (unpaired) electrons. The van der Waals surface area contributed by atoms with Crippen LogP contribution in [0, 0.1) is 11.3 Å². The fourth-order valence-electron chi connectivity index (χ4n) is 2.79. The van der Waals surface area contributed by atoms with Gasteiger partial charge in [-0.05, 0) is 18.4 Å². The molecule has 5 nitrogen and oxygen atoms in total. The van der Waals surface area contributed by atoms with Crippen LogP contribution in [0.1, 0.15) is 46.6 Å². The minimum Gasteiger partial charge on any atom is -0.493 e. The fourth-order valence-corrected chi connectivity index (χ4v) is 3.94. The maximum absolute atomic E-state index is 12.7. The third kappa shape index (κ3) is 6.16. The van der Waals surface area contributed by atoms with Gasteiger partial charge in [-0.1, -0.05) is 52.8 Å². The zero-order valence-electron chi connectivity index (χ0n) is 17.1. The average Bonchev–Trinajstić information content (AvgIpc) is 3.08.